The fraction of sp³-hybridized carbons (Fsp3) is 0.458. The van der Waals surface area contributed by atoms with Gasteiger partial charge in [-0.15, -0.1) is 0 Å². The van der Waals surface area contributed by atoms with Crippen LogP contribution in [0.3, 0.4) is 0 Å². The van der Waals surface area contributed by atoms with E-state index in [1.807, 2.05) is 62.4 Å². The quantitative estimate of drug-likeness (QED) is 0.679. The van der Waals surface area contributed by atoms with E-state index in [0.717, 1.165) is 37.1 Å². The second-order valence-electron chi connectivity index (χ2n) is 8.04. The maximum absolute atomic E-state index is 12.6. The van der Waals surface area contributed by atoms with Crippen LogP contribution < -0.4 is 14.8 Å². The fourth-order valence-electron chi connectivity index (χ4n) is 3.77. The van der Waals surface area contributed by atoms with E-state index in [9.17, 15) is 4.79 Å². The highest BCUT2D eigenvalue weighted by molar-refractivity contribution is 5.73. The number of esters is 1. The maximum Gasteiger partial charge on any atom is 0.310 e. The first-order chi connectivity index (χ1) is 14.0. The summed E-state index contributed by atoms with van der Waals surface area (Å²) < 4.78 is 17.2. The first kappa shape index (κ1) is 21.2. The first-order valence-corrected chi connectivity index (χ1v) is 10.2. The predicted octanol–water partition coefficient (Wildman–Crippen LogP) is 4.14. The van der Waals surface area contributed by atoms with E-state index in [0.29, 0.717) is 24.0 Å². The second-order valence-corrected chi connectivity index (χ2v) is 8.04. The lowest BCUT2D eigenvalue weighted by molar-refractivity contribution is -0.161. The highest BCUT2D eigenvalue weighted by Crippen LogP contribution is 2.31. The summed E-state index contributed by atoms with van der Waals surface area (Å²) in [4.78, 5) is 12.6. The van der Waals surface area contributed by atoms with Crippen molar-refractivity contribution in [2.45, 2.75) is 45.3 Å². The Kier molecular flexibility index (Phi) is 7.15. The van der Waals surface area contributed by atoms with Crippen molar-refractivity contribution in [2.75, 3.05) is 20.2 Å². The number of hydrogen-bond acceptors (Lipinski definition) is 5. The summed E-state index contributed by atoms with van der Waals surface area (Å²) in [5.41, 5.74) is 1.48. The van der Waals surface area contributed by atoms with Crippen LogP contribution in [0.2, 0.25) is 0 Å². The Bertz CT molecular complexity index is 798. The third-order valence-electron chi connectivity index (χ3n) is 5.51. The molecule has 2 aromatic rings. The zero-order chi connectivity index (χ0) is 20.7. The molecule has 1 heterocycles. The molecule has 1 aliphatic heterocycles. The molecule has 3 rings (SSSR count). The maximum atomic E-state index is 12.6. The highest BCUT2D eigenvalue weighted by Gasteiger charge is 2.34. The summed E-state index contributed by atoms with van der Waals surface area (Å²) in [5, 5.41) is 3.35. The third-order valence-corrected chi connectivity index (χ3v) is 5.51. The molecule has 156 valence electrons. The molecule has 0 spiro atoms. The molecule has 5 nitrogen and oxygen atoms in total. The number of hydrogen-bond donors (Lipinski definition) is 1. The Hall–Kier alpha value is -2.53. The number of carbonyl (C=O) groups is 1. The van der Waals surface area contributed by atoms with Crippen LogP contribution in [0.15, 0.2) is 48.5 Å². The second kappa shape index (κ2) is 9.79. The van der Waals surface area contributed by atoms with Crippen molar-refractivity contribution in [3.63, 3.8) is 0 Å². The number of rotatable bonds is 8. The molecule has 2 aromatic carbocycles. The number of ether oxygens (including phenoxy) is 3. The average molecular weight is 398 g/mol. The molecule has 0 saturated carbocycles. The summed E-state index contributed by atoms with van der Waals surface area (Å²) in [5.74, 6) is 1.44. The van der Waals surface area contributed by atoms with Crippen LogP contribution in [0.4, 0.5) is 0 Å². The topological polar surface area (TPSA) is 56.8 Å². The molecule has 0 bridgehead atoms. The van der Waals surface area contributed by atoms with Crippen LogP contribution in [-0.2, 0) is 22.6 Å². The van der Waals surface area contributed by atoms with Crippen LogP contribution in [0.1, 0.15) is 37.8 Å². The molecule has 0 unspecified atom stereocenters. The zero-order valence-electron chi connectivity index (χ0n) is 17.6. The smallest absolute Gasteiger partial charge is 0.310 e. The van der Waals surface area contributed by atoms with Gasteiger partial charge in [-0.05, 0) is 63.0 Å². The molecular weight excluding hydrogens is 366 g/mol. The van der Waals surface area contributed by atoms with E-state index in [2.05, 4.69) is 5.32 Å². The van der Waals surface area contributed by atoms with E-state index in [1.54, 1.807) is 7.11 Å². The minimum atomic E-state index is -0.456. The van der Waals surface area contributed by atoms with Crippen LogP contribution in [0, 0.1) is 5.92 Å². The van der Waals surface area contributed by atoms with Gasteiger partial charge in [-0.2, -0.15) is 0 Å². The Morgan fingerprint density at radius 3 is 2.45 bits per heavy atom. The fourth-order valence-corrected chi connectivity index (χ4v) is 3.77. The van der Waals surface area contributed by atoms with Crippen molar-refractivity contribution >= 4 is 5.97 Å². The highest BCUT2D eigenvalue weighted by atomic mass is 16.6. The van der Waals surface area contributed by atoms with Gasteiger partial charge in [-0.1, -0.05) is 36.4 Å². The minimum Gasteiger partial charge on any atom is -0.493 e. The summed E-state index contributed by atoms with van der Waals surface area (Å²) >= 11 is 0. The largest absolute Gasteiger partial charge is 0.493 e. The molecule has 29 heavy (non-hydrogen) atoms. The average Bonchev–Trinajstić information content (AvgIpc) is 2.73. The van der Waals surface area contributed by atoms with Crippen LogP contribution in [0.5, 0.6) is 11.5 Å². The summed E-state index contributed by atoms with van der Waals surface area (Å²) in [6.07, 6.45) is 2.27. The van der Waals surface area contributed by atoms with Gasteiger partial charge in [-0.3, -0.25) is 4.79 Å². The summed E-state index contributed by atoms with van der Waals surface area (Å²) in [7, 11) is 1.60. The van der Waals surface area contributed by atoms with Gasteiger partial charge in [0.1, 0.15) is 12.2 Å². The molecular formula is C24H31NO4. The lowest BCUT2D eigenvalue weighted by Crippen LogP contribution is -2.43. The Morgan fingerprint density at radius 2 is 1.76 bits per heavy atom. The molecule has 0 atom stereocenters. The molecule has 5 heteroatoms. The molecule has 0 amide bonds. The van der Waals surface area contributed by atoms with Crippen LogP contribution >= 0.6 is 0 Å². The van der Waals surface area contributed by atoms with Gasteiger partial charge in [0.25, 0.3) is 0 Å². The van der Waals surface area contributed by atoms with Gasteiger partial charge in [0.2, 0.25) is 0 Å². The molecule has 1 fully saturated rings. The standard InChI is InChI=1S/C24H31NO4/c1-24(2,20-11-13-25-14-12-20)29-23(26)16-19-9-10-21(22(15-19)27-3)28-17-18-7-5-4-6-8-18/h4-10,15,20,25H,11-14,16-17H2,1-3H3. The van der Waals surface area contributed by atoms with Crippen molar-refractivity contribution in [2.24, 2.45) is 5.92 Å². The molecule has 0 aliphatic carbocycles. The zero-order valence-corrected chi connectivity index (χ0v) is 17.6. The van der Waals surface area contributed by atoms with Crippen LogP contribution in [0.25, 0.3) is 0 Å². The van der Waals surface area contributed by atoms with E-state index >= 15 is 0 Å². The van der Waals surface area contributed by atoms with Crippen molar-refractivity contribution in [1.29, 1.82) is 0 Å². The van der Waals surface area contributed by atoms with Gasteiger partial charge in [-0.25, -0.2) is 0 Å². The normalized spacial score (nSPS) is 15.0. The van der Waals surface area contributed by atoms with Gasteiger partial charge in [0.15, 0.2) is 11.5 Å². The van der Waals surface area contributed by atoms with E-state index in [1.165, 1.54) is 0 Å². The summed E-state index contributed by atoms with van der Waals surface area (Å²) in [6.45, 7) is 6.45. The van der Waals surface area contributed by atoms with E-state index in [4.69, 9.17) is 14.2 Å². The van der Waals surface area contributed by atoms with Crippen LogP contribution in [-0.4, -0.2) is 31.8 Å². The van der Waals surface area contributed by atoms with E-state index < -0.39 is 5.60 Å². The van der Waals surface area contributed by atoms with E-state index in [-0.39, 0.29) is 12.4 Å². The lowest BCUT2D eigenvalue weighted by Gasteiger charge is -2.36. The van der Waals surface area contributed by atoms with Gasteiger partial charge in [0.05, 0.1) is 13.5 Å². The minimum absolute atomic E-state index is 0.212. The van der Waals surface area contributed by atoms with Crippen molar-refractivity contribution in [3.8, 4) is 11.5 Å². The molecule has 0 aromatic heterocycles. The van der Waals surface area contributed by atoms with Crippen molar-refractivity contribution in [1.82, 2.24) is 5.32 Å². The molecule has 1 aliphatic rings. The molecule has 1 N–H and O–H groups in total. The predicted molar refractivity (Wildman–Crippen MR) is 113 cm³/mol. The molecule has 1 saturated heterocycles. The van der Waals surface area contributed by atoms with Gasteiger partial charge >= 0.3 is 5.97 Å². The Balaban J connectivity index is 1.59. The monoisotopic (exact) mass is 397 g/mol. The number of nitrogens with one attached hydrogen (secondary N) is 1. The van der Waals surface area contributed by atoms with Gasteiger partial charge in [0, 0.05) is 5.92 Å². The number of benzene rings is 2. The third kappa shape index (κ3) is 5.97. The lowest BCUT2D eigenvalue weighted by atomic mass is 9.83. The Morgan fingerprint density at radius 1 is 1.03 bits per heavy atom. The summed E-state index contributed by atoms with van der Waals surface area (Å²) in [6, 6.07) is 15.6. The molecule has 0 radical (unpaired) electrons. The van der Waals surface area contributed by atoms with Gasteiger partial charge < -0.3 is 19.5 Å². The number of carbonyl (C=O) groups excluding carboxylic acids is 1. The van der Waals surface area contributed by atoms with Crippen molar-refractivity contribution < 1.29 is 19.0 Å². The van der Waals surface area contributed by atoms with Crippen molar-refractivity contribution in [3.05, 3.63) is 59.7 Å². The number of methoxy groups -OCH3 is 1. The SMILES string of the molecule is COc1cc(CC(=O)OC(C)(C)C2CCNCC2)ccc1OCc1ccccc1. The number of piperidine rings is 1. The Labute approximate surface area is 173 Å². The first-order valence-electron chi connectivity index (χ1n) is 10.2.